The number of hydrogen-bond donors (Lipinski definition) is 3. The molecule has 0 bridgehead atoms. The summed E-state index contributed by atoms with van der Waals surface area (Å²) < 4.78 is 0. The Balaban J connectivity index is 2.34. The number of anilines is 1. The maximum absolute atomic E-state index is 11.9. The molecule has 1 heterocycles. The summed E-state index contributed by atoms with van der Waals surface area (Å²) in [6, 6.07) is 5.67. The highest BCUT2D eigenvalue weighted by molar-refractivity contribution is 6.40. The number of carbonyl (C=O) groups excluding carboxylic acids is 1. The molecule has 5 nitrogen and oxygen atoms in total. The maximum Gasteiger partial charge on any atom is 0.260 e. The number of aromatic amines is 1. The lowest BCUT2D eigenvalue weighted by Gasteiger charge is -2.09. The molecule has 1 aromatic carbocycles. The third kappa shape index (κ3) is 2.89. The number of hydrogen-bond acceptors (Lipinski definition) is 3. The van der Waals surface area contributed by atoms with Gasteiger partial charge in [0.1, 0.15) is 5.75 Å². The molecule has 0 spiro atoms. The fourth-order valence-corrected chi connectivity index (χ4v) is 1.93. The number of aromatic hydroxyl groups is 1. The van der Waals surface area contributed by atoms with Crippen LogP contribution in [0.3, 0.4) is 0 Å². The van der Waals surface area contributed by atoms with E-state index in [0.29, 0.717) is 0 Å². The highest BCUT2D eigenvalue weighted by atomic mass is 35.5. The Hall–Kier alpha value is -1.98. The highest BCUT2D eigenvalue weighted by Crippen LogP contribution is 2.30. The van der Waals surface area contributed by atoms with E-state index in [9.17, 15) is 14.7 Å². The first-order valence-electron chi connectivity index (χ1n) is 5.16. The van der Waals surface area contributed by atoms with Crippen molar-refractivity contribution in [3.63, 3.8) is 0 Å². The van der Waals surface area contributed by atoms with Gasteiger partial charge in [-0.25, -0.2) is 0 Å². The Morgan fingerprint density at radius 1 is 1.26 bits per heavy atom. The standard InChI is InChI=1S/C12H8Cl2N2O3/c13-7-2-1-3-8(14)11(7)16-12(19)6-5-15-10(18)4-9(6)17/h1-5H,(H,16,19)(H2,15,17,18). The van der Waals surface area contributed by atoms with Crippen LogP contribution in [0, 0.1) is 0 Å². The second-order valence-electron chi connectivity index (χ2n) is 3.65. The normalized spacial score (nSPS) is 10.2. The largest absolute Gasteiger partial charge is 0.507 e. The number of para-hydroxylation sites is 1. The Morgan fingerprint density at radius 2 is 1.89 bits per heavy atom. The summed E-state index contributed by atoms with van der Waals surface area (Å²) in [5.41, 5.74) is -0.359. The van der Waals surface area contributed by atoms with Gasteiger partial charge in [0.15, 0.2) is 0 Å². The predicted octanol–water partition coefficient (Wildman–Crippen LogP) is 2.64. The molecule has 0 fully saturated rings. The number of amides is 1. The van der Waals surface area contributed by atoms with E-state index in [0.717, 1.165) is 12.3 Å². The number of H-pyrrole nitrogens is 1. The maximum atomic E-state index is 11.9. The van der Waals surface area contributed by atoms with Crippen LogP contribution in [0.4, 0.5) is 5.69 Å². The summed E-state index contributed by atoms with van der Waals surface area (Å²) in [5, 5.41) is 12.5. The van der Waals surface area contributed by atoms with Crippen molar-refractivity contribution in [2.45, 2.75) is 0 Å². The first-order valence-corrected chi connectivity index (χ1v) is 5.91. The third-order valence-corrected chi connectivity index (χ3v) is 2.98. The van der Waals surface area contributed by atoms with Gasteiger partial charge in [-0.15, -0.1) is 0 Å². The molecule has 0 atom stereocenters. The zero-order chi connectivity index (χ0) is 14.0. The number of aromatic nitrogens is 1. The Morgan fingerprint density at radius 3 is 2.47 bits per heavy atom. The molecule has 3 N–H and O–H groups in total. The minimum Gasteiger partial charge on any atom is -0.507 e. The van der Waals surface area contributed by atoms with Crippen LogP contribution in [0.15, 0.2) is 35.3 Å². The lowest BCUT2D eigenvalue weighted by Crippen LogP contribution is -2.15. The molecule has 0 aliphatic heterocycles. The van der Waals surface area contributed by atoms with E-state index in [2.05, 4.69) is 10.3 Å². The zero-order valence-electron chi connectivity index (χ0n) is 9.41. The van der Waals surface area contributed by atoms with E-state index in [-0.39, 0.29) is 21.3 Å². The van der Waals surface area contributed by atoms with E-state index in [1.807, 2.05) is 0 Å². The van der Waals surface area contributed by atoms with Gasteiger partial charge in [-0.1, -0.05) is 29.3 Å². The SMILES string of the molecule is O=C(Nc1c(Cl)cccc1Cl)c1c[nH]c(=O)cc1O. The van der Waals surface area contributed by atoms with E-state index in [4.69, 9.17) is 23.2 Å². The average Bonchev–Trinajstić information content (AvgIpc) is 2.33. The average molecular weight is 299 g/mol. The summed E-state index contributed by atoms with van der Waals surface area (Å²) in [6.07, 6.45) is 1.11. The molecule has 2 aromatic rings. The Labute approximate surface area is 117 Å². The van der Waals surface area contributed by atoms with Crippen molar-refractivity contribution < 1.29 is 9.90 Å². The number of pyridine rings is 1. The minimum absolute atomic E-state index is 0.0874. The van der Waals surface area contributed by atoms with Gasteiger partial charge in [-0.3, -0.25) is 9.59 Å². The van der Waals surface area contributed by atoms with Crippen LogP contribution < -0.4 is 10.9 Å². The van der Waals surface area contributed by atoms with Gasteiger partial charge in [0.05, 0.1) is 21.3 Å². The lowest BCUT2D eigenvalue weighted by atomic mass is 10.2. The molecule has 19 heavy (non-hydrogen) atoms. The highest BCUT2D eigenvalue weighted by Gasteiger charge is 2.15. The lowest BCUT2D eigenvalue weighted by molar-refractivity contribution is 0.102. The molecule has 1 aromatic heterocycles. The molecule has 98 valence electrons. The van der Waals surface area contributed by atoms with Gasteiger partial charge in [0, 0.05) is 12.3 Å². The molecule has 0 unspecified atom stereocenters. The van der Waals surface area contributed by atoms with Crippen molar-refractivity contribution in [2.24, 2.45) is 0 Å². The van der Waals surface area contributed by atoms with E-state index in [1.54, 1.807) is 18.2 Å². The topological polar surface area (TPSA) is 82.2 Å². The van der Waals surface area contributed by atoms with Crippen molar-refractivity contribution in [3.8, 4) is 5.75 Å². The van der Waals surface area contributed by atoms with E-state index >= 15 is 0 Å². The molecular formula is C12H8Cl2N2O3. The number of carbonyl (C=O) groups is 1. The fourth-order valence-electron chi connectivity index (χ4n) is 1.44. The van der Waals surface area contributed by atoms with Gasteiger partial charge in [0.2, 0.25) is 0 Å². The molecule has 0 radical (unpaired) electrons. The van der Waals surface area contributed by atoms with Crippen LogP contribution in [0.2, 0.25) is 10.0 Å². The van der Waals surface area contributed by atoms with Crippen LogP contribution in [-0.2, 0) is 0 Å². The molecule has 0 saturated carbocycles. The third-order valence-electron chi connectivity index (χ3n) is 2.35. The van der Waals surface area contributed by atoms with Crippen molar-refractivity contribution in [1.82, 2.24) is 4.98 Å². The fraction of sp³-hybridized carbons (Fsp3) is 0. The van der Waals surface area contributed by atoms with Gasteiger partial charge in [0.25, 0.3) is 11.5 Å². The van der Waals surface area contributed by atoms with E-state index < -0.39 is 17.2 Å². The van der Waals surface area contributed by atoms with Crippen LogP contribution in [0.1, 0.15) is 10.4 Å². The summed E-state index contributed by atoms with van der Waals surface area (Å²) in [5.74, 6) is -1.06. The minimum atomic E-state index is -0.635. The predicted molar refractivity (Wildman–Crippen MR) is 73.1 cm³/mol. The van der Waals surface area contributed by atoms with Crippen molar-refractivity contribution in [3.05, 3.63) is 56.4 Å². The van der Waals surface area contributed by atoms with Gasteiger partial charge < -0.3 is 15.4 Å². The van der Waals surface area contributed by atoms with Crippen molar-refractivity contribution in [2.75, 3.05) is 5.32 Å². The monoisotopic (exact) mass is 298 g/mol. The second kappa shape index (κ2) is 5.34. The first-order chi connectivity index (χ1) is 8.99. The van der Waals surface area contributed by atoms with Crippen LogP contribution in [0.5, 0.6) is 5.75 Å². The summed E-state index contributed by atoms with van der Waals surface area (Å²) in [4.78, 5) is 25.2. The van der Waals surface area contributed by atoms with E-state index in [1.165, 1.54) is 0 Å². The molecule has 0 aliphatic rings. The smallest absolute Gasteiger partial charge is 0.260 e. The Kier molecular flexibility index (Phi) is 3.78. The van der Waals surface area contributed by atoms with Crippen molar-refractivity contribution >= 4 is 34.8 Å². The van der Waals surface area contributed by atoms with Crippen LogP contribution in [-0.4, -0.2) is 16.0 Å². The second-order valence-corrected chi connectivity index (χ2v) is 4.46. The number of halogens is 2. The van der Waals surface area contributed by atoms with Crippen LogP contribution in [0.25, 0.3) is 0 Å². The van der Waals surface area contributed by atoms with Gasteiger partial charge >= 0.3 is 0 Å². The zero-order valence-corrected chi connectivity index (χ0v) is 10.9. The number of rotatable bonds is 2. The number of benzene rings is 1. The van der Waals surface area contributed by atoms with Crippen LogP contribution >= 0.6 is 23.2 Å². The summed E-state index contributed by atoms with van der Waals surface area (Å²) in [7, 11) is 0. The van der Waals surface area contributed by atoms with Gasteiger partial charge in [-0.2, -0.15) is 0 Å². The molecule has 0 aliphatic carbocycles. The molecule has 1 amide bonds. The molecular weight excluding hydrogens is 291 g/mol. The van der Waals surface area contributed by atoms with Gasteiger partial charge in [-0.05, 0) is 12.1 Å². The molecule has 0 saturated heterocycles. The summed E-state index contributed by atoms with van der Waals surface area (Å²) >= 11 is 11.8. The molecule has 2 rings (SSSR count). The number of nitrogens with one attached hydrogen (secondary N) is 2. The Bertz CT molecular complexity index is 677. The molecule has 7 heteroatoms. The quantitative estimate of drug-likeness (QED) is 0.797. The first kappa shape index (κ1) is 13.5. The van der Waals surface area contributed by atoms with Crippen molar-refractivity contribution in [1.29, 1.82) is 0 Å². The summed E-state index contributed by atoms with van der Waals surface area (Å²) in [6.45, 7) is 0.